The van der Waals surface area contributed by atoms with Crippen molar-refractivity contribution < 1.29 is 9.53 Å². The zero-order valence-corrected chi connectivity index (χ0v) is 18.6. The molecule has 3 aromatic carbocycles. The first-order valence-corrected chi connectivity index (χ1v) is 10.5. The summed E-state index contributed by atoms with van der Waals surface area (Å²) in [6.07, 6.45) is 1.74. The third kappa shape index (κ3) is 4.38. The number of esters is 1. The molecule has 0 spiro atoms. The van der Waals surface area contributed by atoms with Gasteiger partial charge < -0.3 is 9.30 Å². The summed E-state index contributed by atoms with van der Waals surface area (Å²) in [6, 6.07) is 22.1. The molecular formula is C25H17Cl2N3O2. The predicted molar refractivity (Wildman–Crippen MR) is 127 cm³/mol. The van der Waals surface area contributed by atoms with Crippen molar-refractivity contribution >= 4 is 51.9 Å². The van der Waals surface area contributed by atoms with Crippen LogP contribution in [0, 0.1) is 11.3 Å². The summed E-state index contributed by atoms with van der Waals surface area (Å²) >= 11 is 12.5. The van der Waals surface area contributed by atoms with Crippen LogP contribution >= 0.6 is 23.2 Å². The van der Waals surface area contributed by atoms with E-state index in [1.54, 1.807) is 42.5 Å². The molecule has 0 fully saturated rings. The quantitative estimate of drug-likeness (QED) is 0.260. The number of nitriles is 1. The van der Waals surface area contributed by atoms with Crippen molar-refractivity contribution in [3.05, 3.63) is 99.3 Å². The molecule has 7 heteroatoms. The second kappa shape index (κ2) is 9.27. The summed E-state index contributed by atoms with van der Waals surface area (Å²) in [5, 5.41) is 11.0. The number of rotatable bonds is 5. The van der Waals surface area contributed by atoms with Crippen LogP contribution in [-0.2, 0) is 11.3 Å². The van der Waals surface area contributed by atoms with Crippen LogP contribution in [0.25, 0.3) is 22.7 Å². The summed E-state index contributed by atoms with van der Waals surface area (Å²) in [7, 11) is 1.33. The van der Waals surface area contributed by atoms with E-state index in [0.29, 0.717) is 33.6 Å². The van der Waals surface area contributed by atoms with E-state index in [4.69, 9.17) is 32.9 Å². The summed E-state index contributed by atoms with van der Waals surface area (Å²) in [6.45, 7) is 0.423. The van der Waals surface area contributed by atoms with Gasteiger partial charge in [-0.25, -0.2) is 9.78 Å². The van der Waals surface area contributed by atoms with E-state index in [1.807, 2.05) is 34.9 Å². The van der Waals surface area contributed by atoms with E-state index in [0.717, 1.165) is 22.2 Å². The van der Waals surface area contributed by atoms with Crippen LogP contribution in [0.5, 0.6) is 0 Å². The molecule has 0 aliphatic carbocycles. The fraction of sp³-hybridized carbons (Fsp3) is 0.0800. The van der Waals surface area contributed by atoms with Gasteiger partial charge in [-0.05, 0) is 53.6 Å². The minimum absolute atomic E-state index is 0.386. The van der Waals surface area contributed by atoms with E-state index in [1.165, 1.54) is 7.11 Å². The Morgan fingerprint density at radius 3 is 2.56 bits per heavy atom. The molecule has 0 aliphatic heterocycles. The van der Waals surface area contributed by atoms with E-state index in [2.05, 4.69) is 6.07 Å². The van der Waals surface area contributed by atoms with Crippen molar-refractivity contribution in [1.29, 1.82) is 5.26 Å². The van der Waals surface area contributed by atoms with Crippen molar-refractivity contribution in [3.63, 3.8) is 0 Å². The van der Waals surface area contributed by atoms with Crippen LogP contribution < -0.4 is 0 Å². The number of aromatic nitrogens is 2. The van der Waals surface area contributed by atoms with E-state index < -0.39 is 5.97 Å². The van der Waals surface area contributed by atoms with Crippen molar-refractivity contribution in [3.8, 4) is 6.07 Å². The lowest BCUT2D eigenvalue weighted by atomic mass is 10.1. The van der Waals surface area contributed by atoms with Crippen LogP contribution in [0.1, 0.15) is 27.3 Å². The number of benzene rings is 3. The van der Waals surface area contributed by atoms with E-state index in [-0.39, 0.29) is 0 Å². The van der Waals surface area contributed by atoms with Gasteiger partial charge >= 0.3 is 5.97 Å². The first kappa shape index (κ1) is 21.6. The fourth-order valence-corrected chi connectivity index (χ4v) is 3.88. The highest BCUT2D eigenvalue weighted by molar-refractivity contribution is 6.35. The van der Waals surface area contributed by atoms with Crippen molar-refractivity contribution in [2.24, 2.45) is 0 Å². The molecule has 0 atom stereocenters. The van der Waals surface area contributed by atoms with Crippen LogP contribution in [-0.4, -0.2) is 22.6 Å². The molecule has 0 unspecified atom stereocenters. The molecule has 1 aromatic heterocycles. The number of nitrogens with zero attached hydrogens (tertiary/aromatic N) is 3. The predicted octanol–water partition coefficient (Wildman–Crippen LogP) is 6.24. The molecule has 0 aliphatic rings. The SMILES string of the molecule is COC(=O)c1ccc(/C=C(\C#N)c2nc3ccccc3n2Cc2ccc(Cl)cc2Cl)cc1. The summed E-state index contributed by atoms with van der Waals surface area (Å²) in [5.41, 5.74) is 4.10. The molecule has 0 radical (unpaired) electrons. The van der Waals surface area contributed by atoms with Crippen LogP contribution in [0.2, 0.25) is 10.0 Å². The topological polar surface area (TPSA) is 67.9 Å². The maximum Gasteiger partial charge on any atom is 0.337 e. The summed E-state index contributed by atoms with van der Waals surface area (Å²) in [4.78, 5) is 16.4. The molecule has 1 heterocycles. The lowest BCUT2D eigenvalue weighted by molar-refractivity contribution is 0.0600. The number of carbonyl (C=O) groups is 1. The molecular weight excluding hydrogens is 445 g/mol. The lowest BCUT2D eigenvalue weighted by Gasteiger charge is -2.11. The number of halogens is 2. The number of ether oxygens (including phenoxy) is 1. The maximum atomic E-state index is 11.7. The summed E-state index contributed by atoms with van der Waals surface area (Å²) < 4.78 is 6.69. The van der Waals surface area contributed by atoms with Gasteiger partial charge in [0.05, 0.1) is 35.8 Å². The van der Waals surface area contributed by atoms with Gasteiger partial charge in [0.15, 0.2) is 5.82 Å². The highest BCUT2D eigenvalue weighted by atomic mass is 35.5. The largest absolute Gasteiger partial charge is 0.465 e. The molecule has 0 bridgehead atoms. The van der Waals surface area contributed by atoms with Gasteiger partial charge in [0.25, 0.3) is 0 Å². The number of carbonyl (C=O) groups excluding carboxylic acids is 1. The molecule has 0 saturated heterocycles. The smallest absolute Gasteiger partial charge is 0.337 e. The van der Waals surface area contributed by atoms with Gasteiger partial charge in [-0.2, -0.15) is 5.26 Å². The number of hydrogen-bond acceptors (Lipinski definition) is 4. The first-order valence-electron chi connectivity index (χ1n) is 9.70. The van der Waals surface area contributed by atoms with E-state index in [9.17, 15) is 10.1 Å². The average Bonchev–Trinajstić information content (AvgIpc) is 3.17. The Hall–Kier alpha value is -3.59. The van der Waals surface area contributed by atoms with Gasteiger partial charge in [-0.1, -0.05) is 53.5 Å². The van der Waals surface area contributed by atoms with E-state index >= 15 is 0 Å². The number of methoxy groups -OCH3 is 1. The number of hydrogen-bond donors (Lipinski definition) is 0. The summed E-state index contributed by atoms with van der Waals surface area (Å²) in [5.74, 6) is 0.111. The standard InChI is InChI=1S/C25H17Cl2N3O2/c1-32-25(31)17-8-6-16(7-9-17)12-19(14-28)24-29-22-4-2-3-5-23(22)30(24)15-18-10-11-20(26)13-21(18)27/h2-13H,15H2,1H3/b19-12+. The van der Waals surface area contributed by atoms with Crippen LogP contribution in [0.3, 0.4) is 0 Å². The highest BCUT2D eigenvalue weighted by Crippen LogP contribution is 2.27. The average molecular weight is 462 g/mol. The first-order chi connectivity index (χ1) is 15.5. The second-order valence-corrected chi connectivity index (χ2v) is 7.87. The number of fused-ring (bicyclic) bond motifs is 1. The van der Waals surface area contributed by atoms with Gasteiger partial charge in [0.2, 0.25) is 0 Å². The highest BCUT2D eigenvalue weighted by Gasteiger charge is 2.16. The number of para-hydroxylation sites is 2. The third-order valence-electron chi connectivity index (χ3n) is 5.00. The maximum absolute atomic E-state index is 11.7. The van der Waals surface area contributed by atoms with Gasteiger partial charge in [-0.15, -0.1) is 0 Å². The molecule has 32 heavy (non-hydrogen) atoms. The second-order valence-electron chi connectivity index (χ2n) is 7.03. The molecule has 158 valence electrons. The minimum atomic E-state index is -0.414. The fourth-order valence-electron chi connectivity index (χ4n) is 3.41. The molecule has 0 saturated carbocycles. The van der Waals surface area contributed by atoms with Crippen molar-refractivity contribution in [2.75, 3.05) is 7.11 Å². The van der Waals surface area contributed by atoms with Crippen LogP contribution in [0.4, 0.5) is 0 Å². The number of imidazole rings is 1. The monoisotopic (exact) mass is 461 g/mol. The Bertz CT molecular complexity index is 1380. The Morgan fingerprint density at radius 1 is 1.12 bits per heavy atom. The van der Waals surface area contributed by atoms with Gasteiger partial charge in [0.1, 0.15) is 6.07 Å². The molecule has 4 aromatic rings. The zero-order chi connectivity index (χ0) is 22.7. The molecule has 4 rings (SSSR count). The van der Waals surface area contributed by atoms with Crippen LogP contribution in [0.15, 0.2) is 66.7 Å². The van der Waals surface area contributed by atoms with Crippen molar-refractivity contribution in [1.82, 2.24) is 9.55 Å². The lowest BCUT2D eigenvalue weighted by Crippen LogP contribution is -2.05. The molecule has 5 nitrogen and oxygen atoms in total. The Kier molecular flexibility index (Phi) is 6.27. The van der Waals surface area contributed by atoms with Crippen molar-refractivity contribution in [2.45, 2.75) is 6.54 Å². The normalized spacial score (nSPS) is 11.4. The molecule has 0 N–H and O–H groups in total. The van der Waals surface area contributed by atoms with Gasteiger partial charge in [0, 0.05) is 10.0 Å². The Balaban J connectivity index is 1.80. The minimum Gasteiger partial charge on any atom is -0.465 e. The Labute approximate surface area is 195 Å². The third-order valence-corrected chi connectivity index (χ3v) is 5.59. The zero-order valence-electron chi connectivity index (χ0n) is 17.0. The molecule has 0 amide bonds. The number of allylic oxidation sites excluding steroid dienone is 1. The van der Waals surface area contributed by atoms with Gasteiger partial charge in [-0.3, -0.25) is 0 Å². The Morgan fingerprint density at radius 2 is 1.88 bits per heavy atom.